The van der Waals surface area contributed by atoms with Gasteiger partial charge in [-0.1, -0.05) is 47.6 Å². The quantitative estimate of drug-likeness (QED) is 0.150. The van der Waals surface area contributed by atoms with Crippen molar-refractivity contribution in [3.8, 4) is 0 Å². The normalized spacial score (nSPS) is 15.4. The highest BCUT2D eigenvalue weighted by molar-refractivity contribution is 6.74. The molecule has 0 aliphatic rings. The summed E-state index contributed by atoms with van der Waals surface area (Å²) in [7, 11) is -4.11. The molecule has 0 aromatic heterocycles. The Bertz CT molecular complexity index is 585. The SMILES string of the molecule is C=CC(CC(CC(=O)CC(=O)OCC)O[Si](C)(C)C(C)(C)C)O[Si](C)(C)C(C)(C)C. The van der Waals surface area contributed by atoms with Crippen LogP contribution in [0.25, 0.3) is 0 Å². The standard InChI is InChI=1S/C23H46O5Si2/c1-13-19(27-29(9,10)22(3,4)5)17-20(28-30(11,12)23(6,7)8)15-18(24)16-21(25)26-14-2/h13,19-20H,1,14-17H2,2-12H3. The van der Waals surface area contributed by atoms with E-state index in [1.807, 2.05) is 6.08 Å². The minimum atomic E-state index is -2.11. The highest BCUT2D eigenvalue weighted by atomic mass is 28.4. The van der Waals surface area contributed by atoms with E-state index < -0.39 is 22.6 Å². The molecule has 0 bridgehead atoms. The molecule has 0 amide bonds. The number of ketones is 1. The summed E-state index contributed by atoms with van der Waals surface area (Å²) in [6.45, 7) is 27.9. The molecule has 0 N–H and O–H groups in total. The van der Waals surface area contributed by atoms with Gasteiger partial charge >= 0.3 is 5.97 Å². The molecule has 0 heterocycles. The lowest BCUT2D eigenvalue weighted by Gasteiger charge is -2.42. The number of carbonyl (C=O) groups excluding carboxylic acids is 2. The molecule has 0 aliphatic carbocycles. The topological polar surface area (TPSA) is 61.8 Å². The summed E-state index contributed by atoms with van der Waals surface area (Å²) in [5.41, 5.74) is 0. The lowest BCUT2D eigenvalue weighted by atomic mass is 10.0. The minimum Gasteiger partial charge on any atom is -0.466 e. The smallest absolute Gasteiger partial charge is 0.313 e. The third-order valence-corrected chi connectivity index (χ3v) is 15.4. The molecule has 0 saturated heterocycles. The van der Waals surface area contributed by atoms with E-state index in [4.69, 9.17) is 13.6 Å². The zero-order chi connectivity index (χ0) is 24.0. The maximum absolute atomic E-state index is 12.6. The van der Waals surface area contributed by atoms with Crippen LogP contribution in [0.4, 0.5) is 0 Å². The summed E-state index contributed by atoms with van der Waals surface area (Å²) in [4.78, 5) is 24.3. The van der Waals surface area contributed by atoms with Crippen LogP contribution in [-0.2, 0) is 23.2 Å². The van der Waals surface area contributed by atoms with Crippen molar-refractivity contribution in [2.45, 2.75) is 116 Å². The maximum atomic E-state index is 12.6. The Balaban J connectivity index is 5.52. The lowest BCUT2D eigenvalue weighted by molar-refractivity contribution is -0.145. The summed E-state index contributed by atoms with van der Waals surface area (Å²) in [6, 6.07) is 0. The minimum absolute atomic E-state index is 0.0133. The van der Waals surface area contributed by atoms with Crippen LogP contribution in [0.1, 0.15) is 67.7 Å². The fourth-order valence-corrected chi connectivity index (χ4v) is 5.14. The molecule has 0 radical (unpaired) electrons. The van der Waals surface area contributed by atoms with Crippen molar-refractivity contribution in [3.63, 3.8) is 0 Å². The average molecular weight is 459 g/mol. The molecule has 0 aromatic carbocycles. The first-order valence-electron chi connectivity index (χ1n) is 11.0. The van der Waals surface area contributed by atoms with Gasteiger partial charge in [0.05, 0.1) is 18.8 Å². The summed E-state index contributed by atoms with van der Waals surface area (Å²) in [5.74, 6) is -0.640. The predicted octanol–water partition coefficient (Wildman–Crippen LogP) is 6.26. The van der Waals surface area contributed by atoms with E-state index in [9.17, 15) is 9.59 Å². The fraction of sp³-hybridized carbons (Fsp3) is 0.826. The second-order valence-electron chi connectivity index (χ2n) is 11.1. The first kappa shape index (κ1) is 29.2. The zero-order valence-electron chi connectivity index (χ0n) is 21.3. The lowest BCUT2D eigenvalue weighted by Crippen LogP contribution is -2.47. The van der Waals surface area contributed by atoms with Gasteiger partial charge in [0, 0.05) is 12.8 Å². The predicted molar refractivity (Wildman–Crippen MR) is 130 cm³/mol. The van der Waals surface area contributed by atoms with Crippen LogP contribution in [0, 0.1) is 0 Å². The molecule has 176 valence electrons. The Morgan fingerprint density at radius 1 is 0.933 bits per heavy atom. The molecule has 2 unspecified atom stereocenters. The van der Waals surface area contributed by atoms with Crippen molar-refractivity contribution in [1.29, 1.82) is 0 Å². The zero-order valence-corrected chi connectivity index (χ0v) is 23.3. The van der Waals surface area contributed by atoms with Crippen molar-refractivity contribution in [2.24, 2.45) is 0 Å². The Morgan fingerprint density at radius 2 is 1.40 bits per heavy atom. The Kier molecular flexibility index (Phi) is 10.9. The van der Waals surface area contributed by atoms with E-state index in [1.165, 1.54) is 0 Å². The summed E-state index contributed by atoms with van der Waals surface area (Å²) < 4.78 is 18.1. The molecule has 0 spiro atoms. The van der Waals surface area contributed by atoms with E-state index >= 15 is 0 Å². The van der Waals surface area contributed by atoms with E-state index in [-0.39, 0.29) is 47.5 Å². The van der Waals surface area contributed by atoms with Gasteiger partial charge in [-0.3, -0.25) is 9.59 Å². The number of hydrogen-bond donors (Lipinski definition) is 0. The van der Waals surface area contributed by atoms with Crippen LogP contribution in [0.2, 0.25) is 36.3 Å². The van der Waals surface area contributed by atoms with Gasteiger partial charge in [-0.2, -0.15) is 0 Å². The van der Waals surface area contributed by atoms with Crippen molar-refractivity contribution < 1.29 is 23.2 Å². The Labute approximate surface area is 187 Å². The van der Waals surface area contributed by atoms with Gasteiger partial charge in [-0.15, -0.1) is 6.58 Å². The number of ether oxygens (including phenoxy) is 1. The molecule has 0 rings (SSSR count). The number of Topliss-reactive ketones (excluding diaryl/α,β-unsaturated/α-hetero) is 1. The van der Waals surface area contributed by atoms with E-state index in [0.29, 0.717) is 6.42 Å². The van der Waals surface area contributed by atoms with Crippen molar-refractivity contribution >= 4 is 28.4 Å². The molecular formula is C23H46O5Si2. The molecule has 2 atom stereocenters. The van der Waals surface area contributed by atoms with Crippen LogP contribution in [0.15, 0.2) is 12.7 Å². The second-order valence-corrected chi connectivity index (χ2v) is 20.6. The number of carbonyl (C=O) groups is 2. The number of hydrogen-bond acceptors (Lipinski definition) is 5. The largest absolute Gasteiger partial charge is 0.466 e. The first-order valence-corrected chi connectivity index (χ1v) is 16.8. The van der Waals surface area contributed by atoms with E-state index in [0.717, 1.165) is 0 Å². The van der Waals surface area contributed by atoms with Gasteiger partial charge in [-0.05, 0) is 43.2 Å². The van der Waals surface area contributed by atoms with Gasteiger partial charge < -0.3 is 13.6 Å². The van der Waals surface area contributed by atoms with Crippen molar-refractivity contribution in [3.05, 3.63) is 12.7 Å². The van der Waals surface area contributed by atoms with Gasteiger partial charge in [0.25, 0.3) is 0 Å². The summed E-state index contributed by atoms with van der Waals surface area (Å²) >= 11 is 0. The van der Waals surface area contributed by atoms with E-state index in [1.54, 1.807) is 6.92 Å². The third-order valence-electron chi connectivity index (χ3n) is 6.38. The van der Waals surface area contributed by atoms with Gasteiger partial charge in [-0.25, -0.2) is 0 Å². The van der Waals surface area contributed by atoms with Crippen LogP contribution >= 0.6 is 0 Å². The molecular weight excluding hydrogens is 412 g/mol. The highest BCUT2D eigenvalue weighted by Gasteiger charge is 2.42. The van der Waals surface area contributed by atoms with Crippen LogP contribution in [-0.4, -0.2) is 47.2 Å². The highest BCUT2D eigenvalue weighted by Crippen LogP contribution is 2.40. The fourth-order valence-electron chi connectivity index (χ4n) is 2.47. The summed E-state index contributed by atoms with van der Waals surface area (Å²) in [5, 5.41) is 0.0865. The Morgan fingerprint density at radius 3 is 1.80 bits per heavy atom. The monoisotopic (exact) mass is 458 g/mol. The van der Waals surface area contributed by atoms with Gasteiger partial charge in [0.15, 0.2) is 16.6 Å². The second kappa shape index (κ2) is 11.2. The molecule has 5 nitrogen and oxygen atoms in total. The molecule has 0 aliphatic heterocycles. The first-order chi connectivity index (χ1) is 13.4. The van der Waals surface area contributed by atoms with Crippen molar-refractivity contribution in [1.82, 2.24) is 0 Å². The van der Waals surface area contributed by atoms with Crippen LogP contribution in [0.5, 0.6) is 0 Å². The van der Waals surface area contributed by atoms with Crippen LogP contribution < -0.4 is 0 Å². The summed E-state index contributed by atoms with van der Waals surface area (Å²) in [6.07, 6.45) is 1.82. The van der Waals surface area contributed by atoms with Gasteiger partial charge in [0.1, 0.15) is 12.2 Å². The molecule has 0 fully saturated rings. The average Bonchev–Trinajstić information content (AvgIpc) is 2.51. The number of rotatable bonds is 12. The van der Waals surface area contributed by atoms with Gasteiger partial charge in [0.2, 0.25) is 0 Å². The molecule has 0 aromatic rings. The molecule has 0 saturated carbocycles. The van der Waals surface area contributed by atoms with Crippen molar-refractivity contribution in [2.75, 3.05) is 6.61 Å². The Hall–Kier alpha value is -0.766. The van der Waals surface area contributed by atoms with Crippen LogP contribution in [0.3, 0.4) is 0 Å². The number of esters is 1. The molecule has 7 heteroatoms. The maximum Gasteiger partial charge on any atom is 0.313 e. The molecule has 30 heavy (non-hydrogen) atoms. The van der Waals surface area contributed by atoms with E-state index in [2.05, 4.69) is 74.3 Å². The third kappa shape index (κ3) is 9.58.